The first kappa shape index (κ1) is 17.2. The van der Waals surface area contributed by atoms with Crippen molar-refractivity contribution in [2.45, 2.75) is 52.5 Å². The van der Waals surface area contributed by atoms with Gasteiger partial charge in [-0.3, -0.25) is 9.48 Å². The molecular formula is C15H25N3O3. The molecule has 118 valence electrons. The molecule has 0 aromatic carbocycles. The van der Waals surface area contributed by atoms with Gasteiger partial charge in [-0.25, -0.2) is 4.79 Å². The first-order valence-electron chi connectivity index (χ1n) is 7.13. The van der Waals surface area contributed by atoms with Gasteiger partial charge in [0.15, 0.2) is 6.04 Å². The van der Waals surface area contributed by atoms with E-state index in [0.29, 0.717) is 24.2 Å². The summed E-state index contributed by atoms with van der Waals surface area (Å²) in [5.74, 6) is -1.27. The van der Waals surface area contributed by atoms with Crippen molar-refractivity contribution in [3.8, 4) is 0 Å². The van der Waals surface area contributed by atoms with Crippen molar-refractivity contribution in [3.05, 3.63) is 17.5 Å². The Morgan fingerprint density at radius 1 is 1.43 bits per heavy atom. The monoisotopic (exact) mass is 295 g/mol. The molecule has 0 saturated carbocycles. The van der Waals surface area contributed by atoms with E-state index < -0.39 is 12.0 Å². The van der Waals surface area contributed by atoms with Crippen LogP contribution in [0.4, 0.5) is 0 Å². The molecule has 21 heavy (non-hydrogen) atoms. The lowest BCUT2D eigenvalue weighted by molar-refractivity contribution is -0.149. The topological polar surface area (TPSA) is 75.4 Å². The van der Waals surface area contributed by atoms with Crippen molar-refractivity contribution in [2.24, 2.45) is 7.05 Å². The highest BCUT2D eigenvalue weighted by Crippen LogP contribution is 2.31. The molecule has 0 fully saturated rings. The summed E-state index contributed by atoms with van der Waals surface area (Å²) in [6, 6.07) is -0.995. The first-order valence-corrected chi connectivity index (χ1v) is 7.13. The van der Waals surface area contributed by atoms with E-state index in [1.165, 1.54) is 11.8 Å². The van der Waals surface area contributed by atoms with Crippen LogP contribution in [0.5, 0.6) is 0 Å². The second-order valence-corrected chi connectivity index (χ2v) is 6.31. The maximum Gasteiger partial charge on any atom is 0.331 e. The van der Waals surface area contributed by atoms with Crippen LogP contribution in [0.25, 0.3) is 0 Å². The Bertz CT molecular complexity index is 529. The lowest BCUT2D eigenvalue weighted by atomic mass is 9.87. The van der Waals surface area contributed by atoms with E-state index in [1.807, 2.05) is 27.7 Å². The van der Waals surface area contributed by atoms with Crippen molar-refractivity contribution in [2.75, 3.05) is 6.54 Å². The number of aryl methyl sites for hydroxylation is 1. The van der Waals surface area contributed by atoms with Gasteiger partial charge in [0.1, 0.15) is 0 Å². The van der Waals surface area contributed by atoms with Crippen molar-refractivity contribution in [1.29, 1.82) is 0 Å². The second-order valence-electron chi connectivity index (χ2n) is 6.31. The average Bonchev–Trinajstić information content (AvgIpc) is 2.69. The normalized spacial score (nSPS) is 13.0. The molecule has 1 aromatic heterocycles. The van der Waals surface area contributed by atoms with Crippen LogP contribution in [0.15, 0.2) is 6.20 Å². The van der Waals surface area contributed by atoms with Crippen LogP contribution < -0.4 is 0 Å². The molecule has 0 saturated heterocycles. The number of nitrogens with zero attached hydrogens (tertiary/aromatic N) is 3. The van der Waals surface area contributed by atoms with Crippen molar-refractivity contribution < 1.29 is 14.7 Å². The predicted octanol–water partition coefficient (Wildman–Crippen LogP) is 2.10. The number of aromatic nitrogens is 2. The molecule has 1 atom stereocenters. The van der Waals surface area contributed by atoms with Gasteiger partial charge in [0.25, 0.3) is 0 Å². The van der Waals surface area contributed by atoms with Gasteiger partial charge in [0, 0.05) is 37.7 Å². The van der Waals surface area contributed by atoms with Crippen LogP contribution in [0.2, 0.25) is 0 Å². The number of aliphatic carboxylic acids is 1. The summed E-state index contributed by atoms with van der Waals surface area (Å²) in [6.45, 7) is 9.67. The van der Waals surface area contributed by atoms with Crippen molar-refractivity contribution >= 4 is 11.9 Å². The number of carbonyl (C=O) groups is 2. The van der Waals surface area contributed by atoms with E-state index in [9.17, 15) is 14.7 Å². The summed E-state index contributed by atoms with van der Waals surface area (Å²) < 4.78 is 1.61. The number of carboxylic acid groups (broad SMARTS) is 1. The van der Waals surface area contributed by atoms with Gasteiger partial charge < -0.3 is 10.0 Å². The van der Waals surface area contributed by atoms with E-state index in [-0.39, 0.29) is 11.3 Å². The van der Waals surface area contributed by atoms with Gasteiger partial charge in [-0.2, -0.15) is 5.10 Å². The Balaban J connectivity index is 3.42. The van der Waals surface area contributed by atoms with Crippen LogP contribution in [0.1, 0.15) is 58.3 Å². The number of rotatable bonds is 5. The minimum atomic E-state index is -1.03. The number of amides is 1. The average molecular weight is 295 g/mol. The molecule has 6 heteroatoms. The summed E-state index contributed by atoms with van der Waals surface area (Å²) in [5.41, 5.74) is 1.000. The van der Waals surface area contributed by atoms with Crippen LogP contribution in [-0.4, -0.2) is 38.2 Å². The maximum absolute atomic E-state index is 11.9. The molecule has 0 aliphatic heterocycles. The van der Waals surface area contributed by atoms with E-state index in [1.54, 1.807) is 17.9 Å². The number of hydrogen-bond acceptors (Lipinski definition) is 3. The van der Waals surface area contributed by atoms with Gasteiger partial charge in [0.05, 0.1) is 5.69 Å². The molecule has 1 unspecified atom stereocenters. The van der Waals surface area contributed by atoms with E-state index >= 15 is 0 Å². The summed E-state index contributed by atoms with van der Waals surface area (Å²) in [5, 5.41) is 14.0. The smallest absolute Gasteiger partial charge is 0.331 e. The minimum absolute atomic E-state index is 0.243. The van der Waals surface area contributed by atoms with Crippen molar-refractivity contribution in [1.82, 2.24) is 14.7 Å². The van der Waals surface area contributed by atoms with E-state index in [2.05, 4.69) is 5.10 Å². The molecule has 0 bridgehead atoms. The second kappa shape index (κ2) is 6.28. The van der Waals surface area contributed by atoms with Crippen molar-refractivity contribution in [3.63, 3.8) is 0 Å². The first-order chi connectivity index (χ1) is 9.59. The fraction of sp³-hybridized carbons (Fsp3) is 0.667. The molecule has 1 rings (SSSR count). The molecule has 1 amide bonds. The molecule has 0 spiro atoms. The summed E-state index contributed by atoms with van der Waals surface area (Å²) in [4.78, 5) is 25.0. The van der Waals surface area contributed by atoms with Gasteiger partial charge in [-0.15, -0.1) is 0 Å². The Morgan fingerprint density at radius 2 is 2.00 bits per heavy atom. The van der Waals surface area contributed by atoms with Crippen LogP contribution in [-0.2, 0) is 22.1 Å². The SMILES string of the molecule is CCCN(C(C)=O)C(C(=O)O)c1cn(C)nc1C(C)(C)C. The van der Waals surface area contributed by atoms with Crippen LogP contribution in [0, 0.1) is 0 Å². The molecule has 1 heterocycles. The quantitative estimate of drug-likeness (QED) is 0.902. The molecule has 1 N–H and O–H groups in total. The van der Waals surface area contributed by atoms with Gasteiger partial charge in [-0.05, 0) is 6.42 Å². The van der Waals surface area contributed by atoms with Crippen LogP contribution >= 0.6 is 0 Å². The zero-order valence-electron chi connectivity index (χ0n) is 13.7. The summed E-state index contributed by atoms with van der Waals surface area (Å²) in [7, 11) is 1.76. The Labute approximate surface area is 125 Å². The fourth-order valence-electron chi connectivity index (χ4n) is 2.43. The molecule has 0 aliphatic rings. The zero-order chi connectivity index (χ0) is 16.4. The Kier molecular flexibility index (Phi) is 5.15. The lowest BCUT2D eigenvalue weighted by Gasteiger charge is -2.29. The third kappa shape index (κ3) is 3.83. The summed E-state index contributed by atoms with van der Waals surface area (Å²) in [6.07, 6.45) is 2.40. The van der Waals surface area contributed by atoms with Gasteiger partial charge in [-0.1, -0.05) is 27.7 Å². The molecule has 6 nitrogen and oxygen atoms in total. The number of carbonyl (C=O) groups excluding carboxylic acids is 1. The molecular weight excluding hydrogens is 270 g/mol. The largest absolute Gasteiger partial charge is 0.479 e. The number of hydrogen-bond donors (Lipinski definition) is 1. The minimum Gasteiger partial charge on any atom is -0.479 e. The van der Waals surface area contributed by atoms with Gasteiger partial charge in [0.2, 0.25) is 5.91 Å². The Morgan fingerprint density at radius 3 is 2.38 bits per heavy atom. The maximum atomic E-state index is 11.9. The number of carboxylic acids is 1. The fourth-order valence-corrected chi connectivity index (χ4v) is 2.43. The third-order valence-corrected chi connectivity index (χ3v) is 3.28. The lowest BCUT2D eigenvalue weighted by Crippen LogP contribution is -2.39. The van der Waals surface area contributed by atoms with Crippen LogP contribution in [0.3, 0.4) is 0 Å². The van der Waals surface area contributed by atoms with E-state index in [4.69, 9.17) is 0 Å². The molecule has 1 aromatic rings. The highest BCUT2D eigenvalue weighted by molar-refractivity contribution is 5.83. The molecule has 0 radical (unpaired) electrons. The summed E-state index contributed by atoms with van der Waals surface area (Å²) >= 11 is 0. The standard InChI is InChI=1S/C15H25N3O3/c1-7-8-18(10(2)19)12(14(20)21)11-9-17(6)16-13(11)15(3,4)5/h9,12H,7-8H2,1-6H3,(H,20,21). The van der Waals surface area contributed by atoms with E-state index in [0.717, 1.165) is 0 Å². The highest BCUT2D eigenvalue weighted by atomic mass is 16.4. The predicted molar refractivity (Wildman–Crippen MR) is 80.0 cm³/mol. The highest BCUT2D eigenvalue weighted by Gasteiger charge is 2.35. The Hall–Kier alpha value is -1.85. The van der Waals surface area contributed by atoms with Gasteiger partial charge >= 0.3 is 5.97 Å². The zero-order valence-corrected chi connectivity index (χ0v) is 13.7. The molecule has 0 aliphatic carbocycles. The third-order valence-electron chi connectivity index (χ3n) is 3.28.